The van der Waals surface area contributed by atoms with E-state index in [-0.39, 0.29) is 12.8 Å². The van der Waals surface area contributed by atoms with Crippen LogP contribution in [0.4, 0.5) is 0 Å². The van der Waals surface area contributed by atoms with E-state index in [1.165, 1.54) is 38.5 Å². The molecule has 0 aromatic rings. The summed E-state index contributed by atoms with van der Waals surface area (Å²) in [5.41, 5.74) is 0. The van der Waals surface area contributed by atoms with Crippen LogP contribution in [0.3, 0.4) is 0 Å². The van der Waals surface area contributed by atoms with Gasteiger partial charge in [0.15, 0.2) is 6.10 Å². The number of aliphatic hydroxyl groups is 2. The topological polar surface area (TPSA) is 216 Å². The minimum Gasteiger partial charge on any atom is -0.462 e. The van der Waals surface area contributed by atoms with E-state index in [0.29, 0.717) is 38.5 Å². The number of phosphoric ester groups is 2. The molecule has 0 aliphatic heterocycles. The standard InChI is InChI=1S/C46H76O14P2/c1-3-5-7-9-11-12-13-14-15-16-17-18-19-20-24-28-32-36-45(49)56-40-44(41-59-62(54,55)58-39-43(48)38-57-61(51,52)53)60-46(50)37-33-29-25-21-23-27-31-35-42(47)34-30-26-22-10-8-6-4-2/h11-12,14-15,17-18,20-22,24-27,30-31,34,42-44,47-48H,3-10,13,16,19,23,28-29,32-33,35-41H2,1-2H3,(H,54,55)(H2,51,52,53)/b12-11-,15-14-,18-17-,24-20-,25-21+,26-22-,31-27-,34-30-/t42-,43-,44+/m0/s1. The second kappa shape index (κ2) is 40.8. The highest BCUT2D eigenvalue weighted by atomic mass is 31.2. The molecule has 62 heavy (non-hydrogen) atoms. The fourth-order valence-corrected chi connectivity index (χ4v) is 6.27. The highest BCUT2D eigenvalue weighted by molar-refractivity contribution is 7.47. The number of phosphoric acid groups is 2. The van der Waals surface area contributed by atoms with E-state index in [4.69, 9.17) is 23.8 Å². The Labute approximate surface area is 371 Å². The lowest BCUT2D eigenvalue weighted by atomic mass is 10.2. The van der Waals surface area contributed by atoms with Crippen LogP contribution in [0.5, 0.6) is 0 Å². The quantitative estimate of drug-likeness (QED) is 0.0127. The molecule has 4 atom stereocenters. The molecule has 16 heteroatoms. The van der Waals surface area contributed by atoms with Gasteiger partial charge < -0.3 is 34.4 Å². The van der Waals surface area contributed by atoms with Crippen molar-refractivity contribution in [1.29, 1.82) is 0 Å². The summed E-state index contributed by atoms with van der Waals surface area (Å²) in [5, 5.41) is 19.8. The molecule has 0 rings (SSSR count). The molecule has 0 aromatic heterocycles. The van der Waals surface area contributed by atoms with Crippen molar-refractivity contribution in [3.05, 3.63) is 97.2 Å². The highest BCUT2D eigenvalue weighted by Gasteiger charge is 2.28. The van der Waals surface area contributed by atoms with Gasteiger partial charge in [0.2, 0.25) is 0 Å². The Morgan fingerprint density at radius 1 is 0.532 bits per heavy atom. The van der Waals surface area contributed by atoms with Crippen molar-refractivity contribution >= 4 is 27.6 Å². The number of unbranched alkanes of at least 4 members (excludes halogenated alkanes) is 8. The van der Waals surface area contributed by atoms with Crippen LogP contribution in [-0.4, -0.2) is 81.6 Å². The summed E-state index contributed by atoms with van der Waals surface area (Å²) in [4.78, 5) is 52.7. The smallest absolute Gasteiger partial charge is 0.462 e. The second-order valence-corrected chi connectivity index (χ2v) is 17.2. The maximum Gasteiger partial charge on any atom is 0.472 e. The SMILES string of the molecule is CCCCC/C=C\C=C/[C@H](O)C/C=C\C/C=C/CCCC(=O)O[C@H](COC(=O)CCC/C=C\C/C=C\C/C=C\C/C=C\CCCCC)COP(=O)(O)OC[C@@H](O)COP(=O)(O)O. The predicted molar refractivity (Wildman–Crippen MR) is 245 cm³/mol. The Balaban J connectivity index is 4.78. The van der Waals surface area contributed by atoms with E-state index >= 15 is 0 Å². The van der Waals surface area contributed by atoms with Crippen LogP contribution < -0.4 is 0 Å². The monoisotopic (exact) mass is 914 g/mol. The van der Waals surface area contributed by atoms with Gasteiger partial charge in [-0.15, -0.1) is 0 Å². The summed E-state index contributed by atoms with van der Waals surface area (Å²) in [5.74, 6) is -1.21. The predicted octanol–water partition coefficient (Wildman–Crippen LogP) is 10.3. The summed E-state index contributed by atoms with van der Waals surface area (Å²) in [6.07, 6.45) is 44.3. The van der Waals surface area contributed by atoms with Crippen molar-refractivity contribution < 1.29 is 66.7 Å². The Morgan fingerprint density at radius 3 is 1.55 bits per heavy atom. The lowest BCUT2D eigenvalue weighted by molar-refractivity contribution is -0.161. The van der Waals surface area contributed by atoms with Gasteiger partial charge >= 0.3 is 27.6 Å². The molecule has 1 unspecified atom stereocenters. The van der Waals surface area contributed by atoms with Gasteiger partial charge in [-0.25, -0.2) is 9.13 Å². The molecule has 0 radical (unpaired) electrons. The van der Waals surface area contributed by atoms with Crippen molar-refractivity contribution in [2.24, 2.45) is 0 Å². The molecule has 354 valence electrons. The van der Waals surface area contributed by atoms with Crippen molar-refractivity contribution in [2.75, 3.05) is 26.4 Å². The Morgan fingerprint density at radius 2 is 1.00 bits per heavy atom. The average Bonchev–Trinajstić information content (AvgIpc) is 3.23. The number of carbonyl (C=O) groups excluding carboxylic acids is 2. The van der Waals surface area contributed by atoms with Crippen LogP contribution in [0.15, 0.2) is 97.2 Å². The molecule has 0 aliphatic rings. The van der Waals surface area contributed by atoms with Gasteiger partial charge in [-0.1, -0.05) is 137 Å². The van der Waals surface area contributed by atoms with Crippen molar-refractivity contribution in [3.63, 3.8) is 0 Å². The number of aliphatic hydroxyl groups excluding tert-OH is 2. The van der Waals surface area contributed by atoms with Gasteiger partial charge in [-0.2, -0.15) is 0 Å². The van der Waals surface area contributed by atoms with Gasteiger partial charge in [0.05, 0.1) is 25.9 Å². The Hall–Kier alpha value is -3.00. The van der Waals surface area contributed by atoms with E-state index < -0.39 is 72.3 Å². The van der Waals surface area contributed by atoms with Crippen molar-refractivity contribution in [2.45, 2.75) is 154 Å². The highest BCUT2D eigenvalue weighted by Crippen LogP contribution is 2.43. The zero-order valence-corrected chi connectivity index (χ0v) is 38.8. The summed E-state index contributed by atoms with van der Waals surface area (Å²) in [6, 6.07) is 0. The number of allylic oxidation sites excluding steroid dienone is 14. The molecule has 0 spiro atoms. The average molecular weight is 915 g/mol. The number of carbonyl (C=O) groups is 2. The number of rotatable bonds is 40. The van der Waals surface area contributed by atoms with Gasteiger partial charge in [-0.3, -0.25) is 23.2 Å². The molecule has 0 aromatic carbocycles. The number of hydrogen-bond donors (Lipinski definition) is 5. The summed E-state index contributed by atoms with van der Waals surface area (Å²) >= 11 is 0. The van der Waals surface area contributed by atoms with Crippen LogP contribution in [-0.2, 0) is 41.8 Å². The molecule has 0 bridgehead atoms. The van der Waals surface area contributed by atoms with Crippen LogP contribution in [0.25, 0.3) is 0 Å². The second-order valence-electron chi connectivity index (χ2n) is 14.5. The first-order valence-corrected chi connectivity index (χ1v) is 25.1. The maximum absolute atomic E-state index is 12.6. The molecule has 0 saturated heterocycles. The lowest BCUT2D eigenvalue weighted by Crippen LogP contribution is -2.29. The van der Waals surface area contributed by atoms with E-state index in [2.05, 4.69) is 65.4 Å². The van der Waals surface area contributed by atoms with Crippen molar-refractivity contribution in [1.82, 2.24) is 0 Å². The third-order valence-corrected chi connectivity index (χ3v) is 9.95. The summed E-state index contributed by atoms with van der Waals surface area (Å²) in [7, 11) is -9.74. The molecule has 0 saturated carbocycles. The third kappa shape index (κ3) is 43.6. The largest absolute Gasteiger partial charge is 0.472 e. The van der Waals surface area contributed by atoms with E-state index in [9.17, 15) is 33.8 Å². The number of ether oxygens (including phenoxy) is 2. The fraction of sp³-hybridized carbons (Fsp3) is 0.609. The first kappa shape index (κ1) is 59.0. The molecular weight excluding hydrogens is 838 g/mol. The van der Waals surface area contributed by atoms with Crippen LogP contribution in [0.1, 0.15) is 136 Å². The minimum atomic E-state index is -4.89. The Bertz CT molecular complexity index is 1480. The first-order valence-electron chi connectivity index (χ1n) is 22.0. The van der Waals surface area contributed by atoms with Crippen LogP contribution >= 0.6 is 15.6 Å². The number of esters is 2. The van der Waals surface area contributed by atoms with Gasteiger partial charge in [0, 0.05) is 12.8 Å². The van der Waals surface area contributed by atoms with Crippen LogP contribution in [0.2, 0.25) is 0 Å². The van der Waals surface area contributed by atoms with Crippen molar-refractivity contribution in [3.8, 4) is 0 Å². The zero-order chi connectivity index (χ0) is 46.0. The van der Waals surface area contributed by atoms with Gasteiger partial charge in [0.25, 0.3) is 0 Å². The maximum atomic E-state index is 12.6. The van der Waals surface area contributed by atoms with Gasteiger partial charge in [0.1, 0.15) is 12.7 Å². The third-order valence-electron chi connectivity index (χ3n) is 8.52. The summed E-state index contributed by atoms with van der Waals surface area (Å²) < 4.78 is 47.6. The molecule has 0 heterocycles. The Kier molecular flexibility index (Phi) is 38.8. The van der Waals surface area contributed by atoms with E-state index in [1.54, 1.807) is 6.08 Å². The van der Waals surface area contributed by atoms with E-state index in [0.717, 1.165) is 32.1 Å². The lowest BCUT2D eigenvalue weighted by Gasteiger charge is -2.20. The molecule has 5 N–H and O–H groups in total. The van der Waals surface area contributed by atoms with Gasteiger partial charge in [-0.05, 0) is 83.5 Å². The fourth-order valence-electron chi connectivity index (χ4n) is 5.12. The normalized spacial score (nSPS) is 15.4. The molecule has 0 amide bonds. The number of hydrogen-bond acceptors (Lipinski definition) is 11. The first-order chi connectivity index (χ1) is 29.8. The minimum absolute atomic E-state index is 0.00429. The molecule has 0 aliphatic carbocycles. The summed E-state index contributed by atoms with van der Waals surface area (Å²) in [6.45, 7) is 1.47. The molecular formula is C46H76O14P2. The van der Waals surface area contributed by atoms with Crippen LogP contribution in [0, 0.1) is 0 Å². The molecule has 14 nitrogen and oxygen atoms in total. The molecule has 0 fully saturated rings. The zero-order valence-electron chi connectivity index (χ0n) is 37.0. The van der Waals surface area contributed by atoms with E-state index in [1.807, 2.05) is 48.6 Å².